The predicted molar refractivity (Wildman–Crippen MR) is 73.0 cm³/mol. The van der Waals surface area contributed by atoms with E-state index in [1.165, 1.54) is 0 Å². The first kappa shape index (κ1) is 11.7. The third-order valence-electron chi connectivity index (χ3n) is 2.44. The van der Waals surface area contributed by atoms with Crippen molar-refractivity contribution in [3.63, 3.8) is 0 Å². The van der Waals surface area contributed by atoms with Gasteiger partial charge in [0.25, 0.3) is 0 Å². The number of hydrogen-bond acceptors (Lipinski definition) is 1. The lowest BCUT2D eigenvalue weighted by Gasteiger charge is -1.98. The lowest BCUT2D eigenvalue weighted by molar-refractivity contribution is 0.927. The number of halogens is 1. The largest absolute Gasteiger partial charge is 0.357 e. The van der Waals surface area contributed by atoms with Crippen LogP contribution in [0.5, 0.6) is 0 Å². The highest BCUT2D eigenvalue weighted by Gasteiger charge is 2.01. The Balaban J connectivity index is 2.37. The maximum atomic E-state index is 9.18. The van der Waals surface area contributed by atoms with E-state index in [2.05, 4.69) is 22.0 Å². The van der Waals surface area contributed by atoms with E-state index in [0.29, 0.717) is 5.57 Å². The van der Waals surface area contributed by atoms with Gasteiger partial charge in [0.1, 0.15) is 0 Å². The summed E-state index contributed by atoms with van der Waals surface area (Å²) < 4.78 is 2.97. The Morgan fingerprint density at radius 2 is 2.00 bits per heavy atom. The van der Waals surface area contributed by atoms with Gasteiger partial charge >= 0.3 is 0 Å². The van der Waals surface area contributed by atoms with Crippen molar-refractivity contribution in [2.45, 2.75) is 0 Å². The first-order valence-corrected chi connectivity index (χ1v) is 5.98. The second-order valence-electron chi connectivity index (χ2n) is 3.79. The number of allylic oxidation sites excluding steroid dienone is 1. The molecule has 2 aromatic rings. The minimum Gasteiger partial charge on any atom is -0.357 e. The minimum atomic E-state index is 0.670. The molecule has 1 heterocycles. The molecule has 0 saturated carbocycles. The first-order valence-electron chi connectivity index (χ1n) is 5.19. The fraction of sp³-hybridized carbons (Fsp3) is 0.0714. The van der Waals surface area contributed by atoms with Crippen LogP contribution in [0, 0.1) is 11.3 Å². The lowest BCUT2D eigenvalue weighted by atomic mass is 10.1. The number of rotatable bonds is 2. The van der Waals surface area contributed by atoms with Gasteiger partial charge in [-0.3, -0.25) is 0 Å². The second-order valence-corrected chi connectivity index (χ2v) is 4.70. The number of aryl methyl sites for hydroxylation is 1. The van der Waals surface area contributed by atoms with Crippen LogP contribution in [-0.4, -0.2) is 4.57 Å². The fourth-order valence-electron chi connectivity index (χ4n) is 1.59. The topological polar surface area (TPSA) is 28.7 Å². The van der Waals surface area contributed by atoms with Crippen molar-refractivity contribution >= 4 is 27.6 Å². The van der Waals surface area contributed by atoms with Gasteiger partial charge in [0.05, 0.1) is 11.6 Å². The monoisotopic (exact) mass is 286 g/mol. The van der Waals surface area contributed by atoms with Gasteiger partial charge in [-0.1, -0.05) is 28.1 Å². The van der Waals surface area contributed by atoms with E-state index in [-0.39, 0.29) is 0 Å². The number of benzene rings is 1. The van der Waals surface area contributed by atoms with Crippen molar-refractivity contribution in [2.24, 2.45) is 7.05 Å². The first-order chi connectivity index (χ1) is 8.19. The van der Waals surface area contributed by atoms with Gasteiger partial charge < -0.3 is 4.57 Å². The summed E-state index contributed by atoms with van der Waals surface area (Å²) in [5, 5.41) is 9.18. The molecule has 2 rings (SSSR count). The highest BCUT2D eigenvalue weighted by Crippen LogP contribution is 2.20. The van der Waals surface area contributed by atoms with Crippen molar-refractivity contribution in [3.05, 3.63) is 58.3 Å². The maximum absolute atomic E-state index is 9.18. The van der Waals surface area contributed by atoms with Crippen molar-refractivity contribution in [3.8, 4) is 6.07 Å². The van der Waals surface area contributed by atoms with Gasteiger partial charge in [-0.05, 0) is 35.4 Å². The van der Waals surface area contributed by atoms with Gasteiger partial charge in [0.2, 0.25) is 0 Å². The summed E-state index contributed by atoms with van der Waals surface area (Å²) in [5.74, 6) is 0. The molecule has 0 radical (unpaired) electrons. The SMILES string of the molecule is Cn1ccc(/C=C(\C#N)c2ccc(Br)cc2)c1. The molecule has 2 nitrogen and oxygen atoms in total. The average molecular weight is 287 g/mol. The molecule has 0 fully saturated rings. The van der Waals surface area contributed by atoms with Crippen LogP contribution < -0.4 is 0 Å². The summed E-state index contributed by atoms with van der Waals surface area (Å²) >= 11 is 3.38. The van der Waals surface area contributed by atoms with E-state index >= 15 is 0 Å². The zero-order chi connectivity index (χ0) is 12.3. The smallest absolute Gasteiger partial charge is 0.0998 e. The molecule has 3 heteroatoms. The zero-order valence-electron chi connectivity index (χ0n) is 9.39. The molecular formula is C14H11BrN2. The lowest BCUT2D eigenvalue weighted by Crippen LogP contribution is -1.81. The molecule has 0 amide bonds. The Morgan fingerprint density at radius 1 is 1.29 bits per heavy atom. The van der Waals surface area contributed by atoms with E-state index in [1.54, 1.807) is 0 Å². The Morgan fingerprint density at radius 3 is 2.53 bits per heavy atom. The predicted octanol–water partition coefficient (Wildman–Crippen LogP) is 3.85. The van der Waals surface area contributed by atoms with Crippen LogP contribution in [-0.2, 0) is 7.05 Å². The Kier molecular flexibility index (Phi) is 3.46. The zero-order valence-corrected chi connectivity index (χ0v) is 11.0. The van der Waals surface area contributed by atoms with Gasteiger partial charge in [-0.15, -0.1) is 0 Å². The van der Waals surface area contributed by atoms with Gasteiger partial charge in [0, 0.05) is 23.9 Å². The average Bonchev–Trinajstić information content (AvgIpc) is 2.73. The number of nitrogens with zero attached hydrogens (tertiary/aromatic N) is 2. The van der Waals surface area contributed by atoms with E-state index in [9.17, 15) is 5.26 Å². The molecule has 84 valence electrons. The molecule has 0 atom stereocenters. The molecule has 0 spiro atoms. The molecule has 0 aliphatic heterocycles. The quantitative estimate of drug-likeness (QED) is 0.771. The fourth-order valence-corrected chi connectivity index (χ4v) is 1.85. The van der Waals surface area contributed by atoms with Crippen LogP contribution in [0.15, 0.2) is 47.2 Å². The number of nitriles is 1. The van der Waals surface area contributed by atoms with Gasteiger partial charge in [-0.2, -0.15) is 5.26 Å². The van der Waals surface area contributed by atoms with Crippen molar-refractivity contribution in [2.75, 3.05) is 0 Å². The van der Waals surface area contributed by atoms with Crippen LogP contribution in [0.2, 0.25) is 0 Å². The summed E-state index contributed by atoms with van der Waals surface area (Å²) in [7, 11) is 1.96. The second kappa shape index (κ2) is 5.03. The van der Waals surface area contributed by atoms with Crippen LogP contribution in [0.25, 0.3) is 11.6 Å². The van der Waals surface area contributed by atoms with E-state index < -0.39 is 0 Å². The van der Waals surface area contributed by atoms with Crippen molar-refractivity contribution in [1.82, 2.24) is 4.57 Å². The Bertz CT molecular complexity index is 585. The third kappa shape index (κ3) is 2.86. The molecule has 0 aliphatic carbocycles. The molecule has 1 aromatic heterocycles. The molecular weight excluding hydrogens is 276 g/mol. The number of aromatic nitrogens is 1. The minimum absolute atomic E-state index is 0.670. The highest BCUT2D eigenvalue weighted by molar-refractivity contribution is 9.10. The molecule has 0 bridgehead atoms. The number of hydrogen-bond donors (Lipinski definition) is 0. The van der Waals surface area contributed by atoms with Crippen LogP contribution in [0.1, 0.15) is 11.1 Å². The summed E-state index contributed by atoms with van der Waals surface area (Å²) in [5.41, 5.74) is 2.63. The molecule has 1 aromatic carbocycles. The van der Waals surface area contributed by atoms with Crippen LogP contribution >= 0.6 is 15.9 Å². The molecule has 0 unspecified atom stereocenters. The summed E-state index contributed by atoms with van der Waals surface area (Å²) in [4.78, 5) is 0. The molecule has 17 heavy (non-hydrogen) atoms. The summed E-state index contributed by atoms with van der Waals surface area (Å²) in [6, 6.07) is 12.0. The van der Waals surface area contributed by atoms with Gasteiger partial charge in [0.15, 0.2) is 0 Å². The van der Waals surface area contributed by atoms with Crippen LogP contribution in [0.3, 0.4) is 0 Å². The summed E-state index contributed by atoms with van der Waals surface area (Å²) in [6.45, 7) is 0. The molecule has 0 N–H and O–H groups in total. The molecule has 0 aliphatic rings. The molecule has 0 saturated heterocycles. The Hall–Kier alpha value is -1.79. The van der Waals surface area contributed by atoms with Crippen molar-refractivity contribution < 1.29 is 0 Å². The van der Waals surface area contributed by atoms with E-state index in [1.807, 2.05) is 60.4 Å². The maximum Gasteiger partial charge on any atom is 0.0998 e. The van der Waals surface area contributed by atoms with Crippen LogP contribution in [0.4, 0.5) is 0 Å². The summed E-state index contributed by atoms with van der Waals surface area (Å²) in [6.07, 6.45) is 5.84. The normalized spacial score (nSPS) is 11.2. The van der Waals surface area contributed by atoms with E-state index in [4.69, 9.17) is 0 Å². The Labute approximate surface area is 109 Å². The van der Waals surface area contributed by atoms with Gasteiger partial charge in [-0.25, -0.2) is 0 Å². The third-order valence-corrected chi connectivity index (χ3v) is 2.97. The highest BCUT2D eigenvalue weighted by atomic mass is 79.9. The standard InChI is InChI=1S/C14H11BrN2/c1-17-7-6-11(10-17)8-13(9-16)12-2-4-14(15)5-3-12/h2-8,10H,1H3/b13-8+. The van der Waals surface area contributed by atoms with Crippen molar-refractivity contribution in [1.29, 1.82) is 5.26 Å². The van der Waals surface area contributed by atoms with E-state index in [0.717, 1.165) is 15.6 Å².